The first-order valence-electron chi connectivity index (χ1n) is 7.78. The lowest BCUT2D eigenvalue weighted by Crippen LogP contribution is -1.70. The molecule has 0 aliphatic heterocycles. The van der Waals surface area contributed by atoms with Crippen LogP contribution in [-0.2, 0) is 0 Å². The second-order valence-corrected chi connectivity index (χ2v) is 4.60. The summed E-state index contributed by atoms with van der Waals surface area (Å²) in [7, 11) is 0. The van der Waals surface area contributed by atoms with Gasteiger partial charge in [0, 0.05) is 13.2 Å². The maximum atomic E-state index is 7.88. The van der Waals surface area contributed by atoms with Gasteiger partial charge in [0.2, 0.25) is 0 Å². The van der Waals surface area contributed by atoms with E-state index in [0.717, 1.165) is 12.8 Å². The van der Waals surface area contributed by atoms with Crippen molar-refractivity contribution in [1.29, 1.82) is 0 Å². The van der Waals surface area contributed by atoms with Gasteiger partial charge in [-0.1, -0.05) is 86.7 Å². The van der Waals surface area contributed by atoms with Crippen molar-refractivity contribution in [3.05, 3.63) is 71.8 Å². The summed E-state index contributed by atoms with van der Waals surface area (Å²) in [6.45, 7) is 4.50. The summed E-state index contributed by atoms with van der Waals surface area (Å²) in [4.78, 5) is 0. The van der Waals surface area contributed by atoms with E-state index >= 15 is 0 Å². The molecule has 0 spiro atoms. The van der Waals surface area contributed by atoms with Crippen LogP contribution in [0.2, 0.25) is 0 Å². The predicted octanol–water partition coefficient (Wildman–Crippen LogP) is 4.63. The van der Waals surface area contributed by atoms with Crippen LogP contribution >= 0.6 is 0 Å². The lowest BCUT2D eigenvalue weighted by Gasteiger charge is -1.92. The van der Waals surface area contributed by atoms with Crippen LogP contribution in [0, 0.1) is 0 Å². The third-order valence-electron chi connectivity index (χ3n) is 2.51. The van der Waals surface area contributed by atoms with Gasteiger partial charge in [-0.3, -0.25) is 0 Å². The van der Waals surface area contributed by atoms with Gasteiger partial charge in [-0.05, 0) is 24.0 Å². The molecule has 2 heteroatoms. The molecule has 0 amide bonds. The average Bonchev–Trinajstić information content (AvgIpc) is 2.62. The quantitative estimate of drug-likeness (QED) is 0.808. The van der Waals surface area contributed by atoms with Crippen LogP contribution in [0.25, 0.3) is 12.2 Å². The Morgan fingerprint density at radius 3 is 1.14 bits per heavy atom. The molecule has 2 rings (SSSR count). The van der Waals surface area contributed by atoms with E-state index in [1.807, 2.05) is 50.2 Å². The van der Waals surface area contributed by atoms with Gasteiger partial charge in [-0.15, -0.1) is 0 Å². The first kappa shape index (κ1) is 20.1. The van der Waals surface area contributed by atoms with E-state index in [1.54, 1.807) is 0 Å². The minimum absolute atomic E-state index is 0.319. The van der Waals surface area contributed by atoms with Crippen molar-refractivity contribution < 1.29 is 10.2 Å². The molecular formula is C20H28O2. The van der Waals surface area contributed by atoms with Gasteiger partial charge in [0.1, 0.15) is 0 Å². The van der Waals surface area contributed by atoms with E-state index in [0.29, 0.717) is 13.2 Å². The van der Waals surface area contributed by atoms with Crippen molar-refractivity contribution in [2.75, 3.05) is 13.2 Å². The normalized spacial score (nSPS) is 9.45. The van der Waals surface area contributed by atoms with Crippen molar-refractivity contribution in [3.63, 3.8) is 0 Å². The monoisotopic (exact) mass is 300 g/mol. The summed E-state index contributed by atoms with van der Waals surface area (Å²) in [5.41, 5.74) is 2.47. The summed E-state index contributed by atoms with van der Waals surface area (Å²) in [5, 5.41) is 15.8. The Labute approximate surface area is 134 Å². The Hall–Kier alpha value is -1.90. The molecule has 2 aromatic carbocycles. The summed E-state index contributed by atoms with van der Waals surface area (Å²) < 4.78 is 0. The second-order valence-electron chi connectivity index (χ2n) is 4.60. The number of rotatable bonds is 4. The molecular weight excluding hydrogens is 272 g/mol. The molecule has 0 heterocycles. The largest absolute Gasteiger partial charge is 0.396 e. The maximum absolute atomic E-state index is 7.88. The number of hydrogen-bond donors (Lipinski definition) is 2. The molecule has 0 saturated carbocycles. The molecule has 120 valence electrons. The van der Waals surface area contributed by atoms with Crippen LogP contribution in [0.4, 0.5) is 0 Å². The average molecular weight is 300 g/mol. The van der Waals surface area contributed by atoms with E-state index in [1.165, 1.54) is 11.1 Å². The zero-order valence-corrected chi connectivity index (χ0v) is 13.7. The molecule has 0 aliphatic rings. The van der Waals surface area contributed by atoms with Crippen molar-refractivity contribution >= 4 is 12.2 Å². The van der Waals surface area contributed by atoms with Crippen molar-refractivity contribution in [3.8, 4) is 0 Å². The van der Waals surface area contributed by atoms with Gasteiger partial charge in [0.15, 0.2) is 0 Å². The molecule has 0 aromatic heterocycles. The molecule has 2 nitrogen and oxygen atoms in total. The molecule has 0 saturated heterocycles. The SMILES string of the molecule is C(=C\c1ccccc1)/c1ccccc1.CCCO.CCCO. The van der Waals surface area contributed by atoms with E-state index < -0.39 is 0 Å². The zero-order valence-electron chi connectivity index (χ0n) is 13.7. The Morgan fingerprint density at radius 2 is 0.909 bits per heavy atom. The van der Waals surface area contributed by atoms with Gasteiger partial charge in [0.05, 0.1) is 0 Å². The van der Waals surface area contributed by atoms with Crippen molar-refractivity contribution in [1.82, 2.24) is 0 Å². The molecule has 0 bridgehead atoms. The molecule has 0 aliphatic carbocycles. The molecule has 0 unspecified atom stereocenters. The van der Waals surface area contributed by atoms with E-state index in [9.17, 15) is 0 Å². The number of benzene rings is 2. The first-order valence-corrected chi connectivity index (χ1v) is 7.78. The van der Waals surface area contributed by atoms with E-state index in [4.69, 9.17) is 10.2 Å². The van der Waals surface area contributed by atoms with E-state index in [-0.39, 0.29) is 0 Å². The zero-order chi connectivity index (χ0) is 16.5. The Morgan fingerprint density at radius 1 is 0.636 bits per heavy atom. The Bertz CT molecular complexity index is 414. The standard InChI is InChI=1S/C14H12.2C3H8O/c1-3-7-13(8-4-1)11-12-14-9-5-2-6-10-14;2*1-2-3-4/h1-12H;2*4H,2-3H2,1H3/b12-11+;;. The maximum Gasteiger partial charge on any atom is 0.0428 e. The fraction of sp³-hybridized carbons (Fsp3) is 0.300. The highest BCUT2D eigenvalue weighted by Gasteiger charge is 1.84. The summed E-state index contributed by atoms with van der Waals surface area (Å²) in [5.74, 6) is 0. The topological polar surface area (TPSA) is 40.5 Å². The fourth-order valence-electron chi connectivity index (χ4n) is 1.32. The van der Waals surface area contributed by atoms with Gasteiger partial charge < -0.3 is 10.2 Å². The lowest BCUT2D eigenvalue weighted by molar-refractivity contribution is 0.294. The van der Waals surface area contributed by atoms with E-state index in [2.05, 4.69) is 36.4 Å². The van der Waals surface area contributed by atoms with Gasteiger partial charge in [0.25, 0.3) is 0 Å². The summed E-state index contributed by atoms with van der Waals surface area (Å²) >= 11 is 0. The minimum atomic E-state index is 0.319. The Balaban J connectivity index is 0.000000464. The minimum Gasteiger partial charge on any atom is -0.396 e. The third kappa shape index (κ3) is 11.9. The van der Waals surface area contributed by atoms with Crippen LogP contribution < -0.4 is 0 Å². The number of hydrogen-bond acceptors (Lipinski definition) is 2. The lowest BCUT2D eigenvalue weighted by atomic mass is 10.1. The first-order chi connectivity index (χ1) is 10.8. The van der Waals surface area contributed by atoms with Crippen LogP contribution in [0.5, 0.6) is 0 Å². The van der Waals surface area contributed by atoms with Crippen LogP contribution in [0.3, 0.4) is 0 Å². The third-order valence-corrected chi connectivity index (χ3v) is 2.51. The number of aliphatic hydroxyl groups excluding tert-OH is 2. The smallest absolute Gasteiger partial charge is 0.0428 e. The second kappa shape index (κ2) is 15.5. The number of aliphatic hydroxyl groups is 2. The molecule has 0 radical (unpaired) electrons. The summed E-state index contributed by atoms with van der Waals surface area (Å²) in [6.07, 6.45) is 5.99. The van der Waals surface area contributed by atoms with Crippen LogP contribution in [0.1, 0.15) is 37.8 Å². The molecule has 0 fully saturated rings. The van der Waals surface area contributed by atoms with Gasteiger partial charge >= 0.3 is 0 Å². The highest BCUT2D eigenvalue weighted by molar-refractivity contribution is 5.69. The van der Waals surface area contributed by atoms with Gasteiger partial charge in [-0.25, -0.2) is 0 Å². The van der Waals surface area contributed by atoms with Crippen molar-refractivity contribution in [2.24, 2.45) is 0 Å². The fourth-order valence-corrected chi connectivity index (χ4v) is 1.32. The predicted molar refractivity (Wildman–Crippen MR) is 96.6 cm³/mol. The molecule has 22 heavy (non-hydrogen) atoms. The van der Waals surface area contributed by atoms with Crippen molar-refractivity contribution in [2.45, 2.75) is 26.7 Å². The van der Waals surface area contributed by atoms with Crippen LogP contribution in [-0.4, -0.2) is 23.4 Å². The highest BCUT2D eigenvalue weighted by atomic mass is 16.3. The molecule has 2 aromatic rings. The molecule has 2 N–H and O–H groups in total. The van der Waals surface area contributed by atoms with Gasteiger partial charge in [-0.2, -0.15) is 0 Å². The highest BCUT2D eigenvalue weighted by Crippen LogP contribution is 2.06. The Kier molecular flexibility index (Phi) is 14.2. The van der Waals surface area contributed by atoms with Crippen LogP contribution in [0.15, 0.2) is 60.7 Å². The summed E-state index contributed by atoms with van der Waals surface area (Å²) in [6, 6.07) is 20.6. The molecule has 0 atom stereocenters.